The Bertz CT molecular complexity index is 574. The van der Waals surface area contributed by atoms with Crippen molar-refractivity contribution in [3.63, 3.8) is 0 Å². The van der Waals surface area contributed by atoms with E-state index >= 15 is 0 Å². The van der Waals surface area contributed by atoms with Crippen LogP contribution in [0.15, 0.2) is 24.3 Å². The number of nitrogens with zero attached hydrogens (tertiary/aromatic N) is 1. The van der Waals surface area contributed by atoms with Gasteiger partial charge in [0.05, 0.1) is 5.56 Å². The van der Waals surface area contributed by atoms with Crippen LogP contribution in [0.4, 0.5) is 13.2 Å². The van der Waals surface area contributed by atoms with E-state index in [0.717, 1.165) is 38.4 Å². The number of rotatable bonds is 6. The molecule has 1 aromatic rings. The average Bonchev–Trinajstić information content (AvgIpc) is 2.59. The summed E-state index contributed by atoms with van der Waals surface area (Å²) in [7, 11) is 0. The number of nitrogens with one attached hydrogen (secondary N) is 1. The molecule has 1 amide bonds. The number of halogens is 4. The lowest BCUT2D eigenvalue weighted by atomic mass is 9.91. The second kappa shape index (κ2) is 10.2. The van der Waals surface area contributed by atoms with Gasteiger partial charge in [0, 0.05) is 19.0 Å². The van der Waals surface area contributed by atoms with Crippen LogP contribution < -0.4 is 5.32 Å². The Hall–Kier alpha value is -1.27. The van der Waals surface area contributed by atoms with Gasteiger partial charge in [0.2, 0.25) is 5.91 Å². The van der Waals surface area contributed by atoms with Crippen molar-refractivity contribution in [3.05, 3.63) is 35.4 Å². The summed E-state index contributed by atoms with van der Waals surface area (Å²) in [5.41, 5.74) is -0.440. The molecule has 0 saturated carbocycles. The number of hydrogen-bond acceptors (Lipinski definition) is 2. The monoisotopic (exact) mass is 392 g/mol. The van der Waals surface area contributed by atoms with Crippen molar-refractivity contribution < 1.29 is 18.0 Å². The maximum Gasteiger partial charge on any atom is 0.416 e. The van der Waals surface area contributed by atoms with Crippen molar-refractivity contribution in [3.8, 4) is 0 Å². The summed E-state index contributed by atoms with van der Waals surface area (Å²) in [6.07, 6.45) is -1.63. The zero-order valence-corrected chi connectivity index (χ0v) is 16.1. The summed E-state index contributed by atoms with van der Waals surface area (Å²) in [5.74, 6) is -0.510. The number of alkyl halides is 3. The molecule has 3 nitrogen and oxygen atoms in total. The highest BCUT2D eigenvalue weighted by molar-refractivity contribution is 5.85. The molecule has 0 aliphatic carbocycles. The highest BCUT2D eigenvalue weighted by Gasteiger charge is 2.35. The van der Waals surface area contributed by atoms with E-state index in [-0.39, 0.29) is 36.3 Å². The Morgan fingerprint density at radius 3 is 2.46 bits per heavy atom. The molecule has 1 N–H and O–H groups in total. The van der Waals surface area contributed by atoms with E-state index in [9.17, 15) is 18.0 Å². The Morgan fingerprint density at radius 2 is 1.88 bits per heavy atom. The van der Waals surface area contributed by atoms with Crippen LogP contribution in [0.1, 0.15) is 56.6 Å². The first-order chi connectivity index (χ1) is 11.8. The molecule has 1 aliphatic rings. The van der Waals surface area contributed by atoms with Gasteiger partial charge >= 0.3 is 6.18 Å². The molecule has 26 heavy (non-hydrogen) atoms. The van der Waals surface area contributed by atoms with Crippen LogP contribution in [-0.4, -0.2) is 36.5 Å². The van der Waals surface area contributed by atoms with Crippen LogP contribution in [0, 0.1) is 0 Å². The third-order valence-electron chi connectivity index (χ3n) is 4.81. The van der Waals surface area contributed by atoms with Crippen LogP contribution in [0.2, 0.25) is 0 Å². The Morgan fingerprint density at radius 1 is 1.27 bits per heavy atom. The van der Waals surface area contributed by atoms with Gasteiger partial charge in [-0.25, -0.2) is 0 Å². The molecule has 1 unspecified atom stereocenters. The largest absolute Gasteiger partial charge is 0.416 e. The predicted molar refractivity (Wildman–Crippen MR) is 99.6 cm³/mol. The van der Waals surface area contributed by atoms with Gasteiger partial charge in [-0.05, 0) is 49.9 Å². The summed E-state index contributed by atoms with van der Waals surface area (Å²) >= 11 is 0. The van der Waals surface area contributed by atoms with E-state index in [1.807, 2.05) is 11.8 Å². The van der Waals surface area contributed by atoms with Gasteiger partial charge in [-0.15, -0.1) is 12.4 Å². The molecular weight excluding hydrogens is 365 g/mol. The third-order valence-corrected chi connectivity index (χ3v) is 4.81. The molecule has 1 heterocycles. The molecule has 1 aliphatic heterocycles. The van der Waals surface area contributed by atoms with Crippen molar-refractivity contribution in [2.75, 3.05) is 19.6 Å². The Labute approximate surface area is 159 Å². The lowest BCUT2D eigenvalue weighted by molar-refractivity contribution is -0.139. The van der Waals surface area contributed by atoms with E-state index in [1.165, 1.54) is 12.1 Å². The SMILES string of the molecule is CCCN(C(=O)CC(C)c1ccccc1C(F)(F)F)C1CCNCC1.Cl. The summed E-state index contributed by atoms with van der Waals surface area (Å²) in [4.78, 5) is 14.7. The van der Waals surface area contributed by atoms with Gasteiger partial charge in [-0.1, -0.05) is 32.0 Å². The van der Waals surface area contributed by atoms with Gasteiger partial charge in [0.25, 0.3) is 0 Å². The number of carbonyl (C=O) groups excluding carboxylic acids is 1. The minimum absolute atomic E-state index is 0. The molecule has 0 radical (unpaired) electrons. The normalized spacial score (nSPS) is 16.7. The number of benzene rings is 1. The fraction of sp³-hybridized carbons (Fsp3) is 0.632. The summed E-state index contributed by atoms with van der Waals surface area (Å²) in [6.45, 7) is 6.14. The molecule has 148 valence electrons. The first-order valence-electron chi connectivity index (χ1n) is 9.00. The average molecular weight is 393 g/mol. The lowest BCUT2D eigenvalue weighted by Gasteiger charge is -2.35. The molecular formula is C19H28ClF3N2O. The van der Waals surface area contributed by atoms with Crippen molar-refractivity contribution in [2.45, 2.75) is 57.7 Å². The molecule has 0 bridgehead atoms. The summed E-state index contributed by atoms with van der Waals surface area (Å²) in [5, 5.41) is 3.28. The van der Waals surface area contributed by atoms with Crippen LogP contribution >= 0.6 is 12.4 Å². The van der Waals surface area contributed by atoms with Gasteiger partial charge in [-0.3, -0.25) is 4.79 Å². The Balaban J connectivity index is 0.00000338. The first-order valence-corrected chi connectivity index (χ1v) is 9.00. The number of piperidine rings is 1. The van der Waals surface area contributed by atoms with Crippen molar-refractivity contribution >= 4 is 18.3 Å². The molecule has 1 saturated heterocycles. The minimum atomic E-state index is -4.40. The maximum absolute atomic E-state index is 13.2. The standard InChI is InChI=1S/C19H27F3N2O.ClH/c1-3-12-24(15-8-10-23-11-9-15)18(25)13-14(2)16-6-4-5-7-17(16)19(20,21)22;/h4-7,14-15,23H,3,8-13H2,1-2H3;1H. The molecule has 0 spiro atoms. The van der Waals surface area contributed by atoms with Crippen LogP contribution in [0.3, 0.4) is 0 Å². The number of amides is 1. The molecule has 2 rings (SSSR count). The highest BCUT2D eigenvalue weighted by atomic mass is 35.5. The van der Waals surface area contributed by atoms with Crippen LogP contribution in [-0.2, 0) is 11.0 Å². The van der Waals surface area contributed by atoms with Crippen molar-refractivity contribution in [2.24, 2.45) is 0 Å². The third kappa shape index (κ3) is 5.88. The number of carbonyl (C=O) groups is 1. The summed E-state index contributed by atoms with van der Waals surface area (Å²) in [6, 6.07) is 5.75. The predicted octanol–water partition coefficient (Wildman–Crippen LogP) is 4.61. The van der Waals surface area contributed by atoms with Crippen LogP contribution in [0.25, 0.3) is 0 Å². The molecule has 1 atom stereocenters. The second-order valence-corrected chi connectivity index (χ2v) is 6.76. The molecule has 7 heteroatoms. The fourth-order valence-corrected chi connectivity index (χ4v) is 3.54. The smallest absolute Gasteiger partial charge is 0.340 e. The number of hydrogen-bond donors (Lipinski definition) is 1. The highest BCUT2D eigenvalue weighted by Crippen LogP contribution is 2.36. The minimum Gasteiger partial charge on any atom is -0.340 e. The van der Waals surface area contributed by atoms with Gasteiger partial charge in [-0.2, -0.15) is 13.2 Å². The van der Waals surface area contributed by atoms with E-state index in [2.05, 4.69) is 5.32 Å². The van der Waals surface area contributed by atoms with Gasteiger partial charge < -0.3 is 10.2 Å². The second-order valence-electron chi connectivity index (χ2n) is 6.76. The molecule has 1 fully saturated rings. The van der Waals surface area contributed by atoms with Crippen molar-refractivity contribution in [1.82, 2.24) is 10.2 Å². The topological polar surface area (TPSA) is 32.3 Å². The Kier molecular flexibility index (Phi) is 8.90. The molecule has 0 aromatic heterocycles. The molecule has 1 aromatic carbocycles. The fourth-order valence-electron chi connectivity index (χ4n) is 3.54. The van der Waals surface area contributed by atoms with E-state index in [1.54, 1.807) is 13.0 Å². The maximum atomic E-state index is 13.2. The van der Waals surface area contributed by atoms with E-state index in [4.69, 9.17) is 0 Å². The van der Waals surface area contributed by atoms with Crippen molar-refractivity contribution in [1.29, 1.82) is 0 Å². The quantitative estimate of drug-likeness (QED) is 0.766. The lowest BCUT2D eigenvalue weighted by Crippen LogP contribution is -2.46. The van der Waals surface area contributed by atoms with Gasteiger partial charge in [0.15, 0.2) is 0 Å². The van der Waals surface area contributed by atoms with Crippen LogP contribution in [0.5, 0.6) is 0 Å². The van der Waals surface area contributed by atoms with E-state index < -0.39 is 17.7 Å². The zero-order chi connectivity index (χ0) is 18.4. The van der Waals surface area contributed by atoms with E-state index in [0.29, 0.717) is 6.54 Å². The van der Waals surface area contributed by atoms with Gasteiger partial charge in [0.1, 0.15) is 0 Å². The zero-order valence-electron chi connectivity index (χ0n) is 15.3. The first kappa shape index (κ1) is 22.8. The summed E-state index contributed by atoms with van der Waals surface area (Å²) < 4.78 is 39.6.